The fourth-order valence-corrected chi connectivity index (χ4v) is 1.81. The summed E-state index contributed by atoms with van der Waals surface area (Å²) in [5.41, 5.74) is 5.85. The highest BCUT2D eigenvalue weighted by molar-refractivity contribution is 5.78. The van der Waals surface area contributed by atoms with Gasteiger partial charge in [-0.05, 0) is 26.8 Å². The predicted octanol–water partition coefficient (Wildman–Crippen LogP) is 1.37. The quantitative estimate of drug-likeness (QED) is 0.572. The number of benzene rings is 1. The Morgan fingerprint density at radius 1 is 1.27 bits per heavy atom. The average molecular weight is 310 g/mol. The Hall–Kier alpha value is -2.28. The molecule has 0 fully saturated rings. The van der Waals surface area contributed by atoms with E-state index in [9.17, 15) is 14.7 Å². The smallest absolute Gasteiger partial charge is 0.408 e. The Morgan fingerprint density at radius 3 is 2.36 bits per heavy atom. The number of hydrogen-bond donors (Lipinski definition) is 3. The molecule has 0 spiro atoms. The third kappa shape index (κ3) is 4.92. The summed E-state index contributed by atoms with van der Waals surface area (Å²) < 4.78 is 9.65. The maximum Gasteiger partial charge on any atom is 0.408 e. The number of hydrogen-bond acceptors (Lipinski definition) is 6. The van der Waals surface area contributed by atoms with Crippen molar-refractivity contribution in [1.29, 1.82) is 0 Å². The zero-order chi connectivity index (χ0) is 16.9. The summed E-state index contributed by atoms with van der Waals surface area (Å²) >= 11 is 0. The zero-order valence-corrected chi connectivity index (χ0v) is 13.1. The van der Waals surface area contributed by atoms with Crippen LogP contribution in [0.1, 0.15) is 32.4 Å². The highest BCUT2D eigenvalue weighted by Gasteiger charge is 2.32. The second-order valence-corrected chi connectivity index (χ2v) is 5.72. The van der Waals surface area contributed by atoms with Crippen molar-refractivity contribution >= 4 is 17.7 Å². The van der Waals surface area contributed by atoms with Gasteiger partial charge in [-0.3, -0.25) is 0 Å². The summed E-state index contributed by atoms with van der Waals surface area (Å²) in [4.78, 5) is 23.5. The van der Waals surface area contributed by atoms with E-state index in [0.717, 1.165) is 7.11 Å². The van der Waals surface area contributed by atoms with Crippen molar-refractivity contribution in [3.8, 4) is 0 Å². The van der Waals surface area contributed by atoms with E-state index >= 15 is 0 Å². The molecule has 0 heterocycles. The molecule has 1 aromatic carbocycles. The minimum absolute atomic E-state index is 0.325. The molecule has 0 unspecified atom stereocenters. The van der Waals surface area contributed by atoms with Gasteiger partial charge < -0.3 is 25.6 Å². The van der Waals surface area contributed by atoms with Crippen LogP contribution in [0, 0.1) is 0 Å². The van der Waals surface area contributed by atoms with Crippen LogP contribution >= 0.6 is 0 Å². The van der Waals surface area contributed by atoms with Gasteiger partial charge in [0.15, 0.2) is 6.10 Å². The number of carbonyl (C=O) groups is 2. The summed E-state index contributed by atoms with van der Waals surface area (Å²) in [5, 5.41) is 12.6. The normalized spacial score (nSPS) is 13.9. The number of ether oxygens (including phenoxy) is 2. The second kappa shape index (κ2) is 7.13. The number of nitrogens with one attached hydrogen (secondary N) is 1. The number of para-hydroxylation sites is 1. The molecule has 0 radical (unpaired) electrons. The first-order valence-electron chi connectivity index (χ1n) is 6.75. The fraction of sp³-hybridized carbons (Fsp3) is 0.467. The van der Waals surface area contributed by atoms with Crippen molar-refractivity contribution < 1.29 is 24.2 Å². The molecule has 1 aromatic rings. The highest BCUT2D eigenvalue weighted by Crippen LogP contribution is 2.24. The number of alkyl carbamates (subject to hydrolysis) is 1. The van der Waals surface area contributed by atoms with Gasteiger partial charge in [0.2, 0.25) is 0 Å². The van der Waals surface area contributed by atoms with Gasteiger partial charge in [0.1, 0.15) is 5.60 Å². The van der Waals surface area contributed by atoms with E-state index < -0.39 is 29.8 Å². The summed E-state index contributed by atoms with van der Waals surface area (Å²) in [7, 11) is 1.14. The molecular weight excluding hydrogens is 288 g/mol. The largest absolute Gasteiger partial charge is 0.467 e. The molecule has 22 heavy (non-hydrogen) atoms. The molecular formula is C15H22N2O5. The Labute approximate surface area is 129 Å². The molecule has 0 aliphatic heterocycles. The van der Waals surface area contributed by atoms with E-state index in [0.29, 0.717) is 11.3 Å². The number of methoxy groups -OCH3 is 1. The summed E-state index contributed by atoms with van der Waals surface area (Å²) in [6.45, 7) is 5.11. The van der Waals surface area contributed by atoms with Crippen molar-refractivity contribution in [2.75, 3.05) is 12.8 Å². The van der Waals surface area contributed by atoms with Gasteiger partial charge in [-0.15, -0.1) is 0 Å². The number of aliphatic hydroxyl groups is 1. The molecule has 0 bridgehead atoms. The lowest BCUT2D eigenvalue weighted by molar-refractivity contribution is -0.152. The number of aliphatic hydroxyl groups excluding tert-OH is 1. The van der Waals surface area contributed by atoms with E-state index in [4.69, 9.17) is 10.5 Å². The second-order valence-electron chi connectivity index (χ2n) is 5.72. The Bertz CT molecular complexity index is 539. The highest BCUT2D eigenvalue weighted by atomic mass is 16.6. The van der Waals surface area contributed by atoms with Crippen LogP contribution in [0.2, 0.25) is 0 Å². The van der Waals surface area contributed by atoms with E-state index in [1.807, 2.05) is 0 Å². The maximum atomic E-state index is 11.9. The SMILES string of the molecule is COC(=O)[C@@H](O)[C@H](NC(=O)OC(C)(C)C)c1ccccc1N. The molecule has 7 nitrogen and oxygen atoms in total. The van der Waals surface area contributed by atoms with Crippen molar-refractivity contribution in [2.45, 2.75) is 38.5 Å². The fourth-order valence-electron chi connectivity index (χ4n) is 1.81. The minimum atomic E-state index is -1.61. The molecule has 0 saturated heterocycles. The molecule has 122 valence electrons. The predicted molar refractivity (Wildman–Crippen MR) is 81.0 cm³/mol. The Balaban J connectivity index is 3.05. The molecule has 0 aliphatic carbocycles. The van der Waals surface area contributed by atoms with Gasteiger partial charge in [0.25, 0.3) is 0 Å². The van der Waals surface area contributed by atoms with E-state index in [1.165, 1.54) is 0 Å². The standard InChI is InChI=1S/C15H22N2O5/c1-15(2,3)22-14(20)17-11(12(18)13(19)21-4)9-7-5-6-8-10(9)16/h5-8,11-12,18H,16H2,1-4H3,(H,17,20)/t11-,12+/m1/s1. The molecule has 0 saturated carbocycles. The van der Waals surface area contributed by atoms with Gasteiger partial charge >= 0.3 is 12.1 Å². The number of nitrogens with two attached hydrogens (primary N) is 1. The number of nitrogen functional groups attached to an aromatic ring is 1. The number of amides is 1. The molecule has 0 aromatic heterocycles. The van der Waals surface area contributed by atoms with Gasteiger partial charge in [0, 0.05) is 11.3 Å². The van der Waals surface area contributed by atoms with Crippen LogP contribution in [0.5, 0.6) is 0 Å². The van der Waals surface area contributed by atoms with E-state index in [2.05, 4.69) is 10.1 Å². The van der Waals surface area contributed by atoms with Crippen LogP contribution in [0.3, 0.4) is 0 Å². The van der Waals surface area contributed by atoms with Crippen molar-refractivity contribution in [2.24, 2.45) is 0 Å². The molecule has 2 atom stereocenters. The monoisotopic (exact) mass is 310 g/mol. The van der Waals surface area contributed by atoms with Gasteiger partial charge in [-0.25, -0.2) is 9.59 Å². The molecule has 1 rings (SSSR count). The summed E-state index contributed by atoms with van der Waals surface area (Å²) in [5.74, 6) is -0.885. The molecule has 1 amide bonds. The lowest BCUT2D eigenvalue weighted by Gasteiger charge is -2.26. The third-order valence-electron chi connectivity index (χ3n) is 2.76. The van der Waals surface area contributed by atoms with E-state index in [1.54, 1.807) is 45.0 Å². The summed E-state index contributed by atoms with van der Waals surface area (Å²) in [6, 6.07) is 5.50. The summed E-state index contributed by atoms with van der Waals surface area (Å²) in [6.07, 6.45) is -2.38. The Kier molecular flexibility index (Phi) is 5.76. The minimum Gasteiger partial charge on any atom is -0.467 e. The first-order chi connectivity index (χ1) is 10.2. The van der Waals surface area contributed by atoms with Gasteiger partial charge in [-0.1, -0.05) is 18.2 Å². The lowest BCUT2D eigenvalue weighted by atomic mass is 9.99. The first kappa shape index (κ1) is 17.8. The van der Waals surface area contributed by atoms with Crippen LogP contribution in [0.25, 0.3) is 0 Å². The molecule has 7 heteroatoms. The van der Waals surface area contributed by atoms with Crippen LogP contribution in [-0.2, 0) is 14.3 Å². The van der Waals surface area contributed by atoms with Crippen LogP contribution < -0.4 is 11.1 Å². The Morgan fingerprint density at radius 2 is 1.86 bits per heavy atom. The molecule has 4 N–H and O–H groups in total. The number of carbonyl (C=O) groups excluding carboxylic acids is 2. The molecule has 0 aliphatic rings. The van der Waals surface area contributed by atoms with E-state index in [-0.39, 0.29) is 0 Å². The number of esters is 1. The van der Waals surface area contributed by atoms with Crippen molar-refractivity contribution in [3.05, 3.63) is 29.8 Å². The zero-order valence-electron chi connectivity index (χ0n) is 13.1. The van der Waals surface area contributed by atoms with Gasteiger partial charge in [0.05, 0.1) is 13.2 Å². The number of anilines is 1. The topological polar surface area (TPSA) is 111 Å². The maximum absolute atomic E-state index is 11.9. The van der Waals surface area contributed by atoms with Crippen molar-refractivity contribution in [1.82, 2.24) is 5.32 Å². The number of rotatable bonds is 4. The van der Waals surface area contributed by atoms with Crippen LogP contribution in [0.4, 0.5) is 10.5 Å². The van der Waals surface area contributed by atoms with Crippen molar-refractivity contribution in [3.63, 3.8) is 0 Å². The third-order valence-corrected chi connectivity index (χ3v) is 2.76. The average Bonchev–Trinajstić information content (AvgIpc) is 2.42. The van der Waals surface area contributed by atoms with Crippen LogP contribution in [-0.4, -0.2) is 36.0 Å². The lowest BCUT2D eigenvalue weighted by Crippen LogP contribution is -2.43. The van der Waals surface area contributed by atoms with Gasteiger partial charge in [-0.2, -0.15) is 0 Å². The van der Waals surface area contributed by atoms with Crippen LogP contribution in [0.15, 0.2) is 24.3 Å². The first-order valence-corrected chi connectivity index (χ1v) is 6.75.